The van der Waals surface area contributed by atoms with E-state index in [0.717, 1.165) is 109 Å². The molecule has 0 heterocycles. The van der Waals surface area contributed by atoms with Crippen molar-refractivity contribution >= 4 is 39.5 Å². The molecule has 0 amide bonds. The van der Waals surface area contributed by atoms with Gasteiger partial charge in [-0.05, 0) is 31.6 Å². The summed E-state index contributed by atoms with van der Waals surface area (Å²) >= 11 is 0. The lowest BCUT2D eigenvalue weighted by Crippen LogP contribution is -2.30. The molecule has 0 radical (unpaired) electrons. The van der Waals surface area contributed by atoms with Crippen molar-refractivity contribution in [2.75, 3.05) is 39.6 Å². The second-order valence-electron chi connectivity index (χ2n) is 25.0. The molecule has 0 aromatic heterocycles. The van der Waals surface area contributed by atoms with E-state index in [1.54, 1.807) is 0 Å². The van der Waals surface area contributed by atoms with Crippen LogP contribution in [0.2, 0.25) is 0 Å². The molecule has 0 aliphatic rings. The van der Waals surface area contributed by atoms with Crippen LogP contribution < -0.4 is 0 Å². The predicted octanol–water partition coefficient (Wildman–Crippen LogP) is 19.4. The maximum atomic E-state index is 13.0. The van der Waals surface area contributed by atoms with Gasteiger partial charge in [0.2, 0.25) is 0 Å². The summed E-state index contributed by atoms with van der Waals surface area (Å²) in [7, 11) is -9.89. The number of carbonyl (C=O) groups is 4. The van der Waals surface area contributed by atoms with Crippen molar-refractivity contribution in [3.63, 3.8) is 0 Å². The largest absolute Gasteiger partial charge is 0.472 e. The van der Waals surface area contributed by atoms with Crippen LogP contribution >= 0.6 is 15.6 Å². The summed E-state index contributed by atoms with van der Waals surface area (Å²) in [4.78, 5) is 72.3. The number of hydrogen-bond acceptors (Lipinski definition) is 15. The molecule has 0 spiro atoms. The number of rotatable bonds is 68. The van der Waals surface area contributed by atoms with Gasteiger partial charge in [-0.1, -0.05) is 298 Å². The van der Waals surface area contributed by atoms with E-state index in [1.807, 2.05) is 0 Å². The van der Waals surface area contributed by atoms with Crippen LogP contribution in [-0.4, -0.2) is 96.7 Å². The summed E-state index contributed by atoms with van der Waals surface area (Å²) in [6.45, 7) is 7.21. The highest BCUT2D eigenvalue weighted by atomic mass is 31.2. The third-order valence-corrected chi connectivity index (χ3v) is 17.7. The molecule has 3 N–H and O–H groups in total. The van der Waals surface area contributed by atoms with Gasteiger partial charge in [-0.3, -0.25) is 37.3 Å². The number of phosphoric ester groups is 2. The quantitative estimate of drug-likeness (QED) is 0.0222. The Labute approximate surface area is 530 Å². The molecular formula is C68H132O17P2. The maximum absolute atomic E-state index is 13.0. The number of unbranched alkanes of at least 4 members (excludes halogenated alkanes) is 40. The van der Waals surface area contributed by atoms with E-state index in [2.05, 4.69) is 34.6 Å². The first-order chi connectivity index (χ1) is 42.0. The standard InChI is InChI=1S/C68H132O17P2/c1-6-9-12-15-18-20-22-29-33-37-42-47-52-66(71)79-58-64(85-68(73)54-49-44-39-34-30-27-25-23-24-26-28-31-36-40-45-50-61(4)5)60-83-87(76,77)81-56-62(69)55-80-86(74,75)82-59-63(57-78-65(70)51-46-41-35-17-14-11-8-3)84-67(72)53-48-43-38-32-21-19-16-13-10-7-2/h61-64,69H,6-60H2,1-5H3,(H,74,75)(H,76,77)/t62-,63+,64+/m0/s1. The molecule has 0 saturated carbocycles. The Morgan fingerprint density at radius 3 is 0.782 bits per heavy atom. The smallest absolute Gasteiger partial charge is 0.462 e. The minimum Gasteiger partial charge on any atom is -0.462 e. The van der Waals surface area contributed by atoms with Crippen molar-refractivity contribution in [3.8, 4) is 0 Å². The van der Waals surface area contributed by atoms with Crippen LogP contribution in [0.5, 0.6) is 0 Å². The highest BCUT2D eigenvalue weighted by molar-refractivity contribution is 7.47. The number of carbonyl (C=O) groups excluding carboxylic acids is 4. The van der Waals surface area contributed by atoms with Crippen LogP contribution in [0.4, 0.5) is 0 Å². The van der Waals surface area contributed by atoms with E-state index in [1.165, 1.54) is 161 Å². The molecule has 0 bridgehead atoms. The highest BCUT2D eigenvalue weighted by Gasteiger charge is 2.30. The normalized spacial score (nSPS) is 14.1. The molecule has 19 heteroatoms. The Hall–Kier alpha value is -1.94. The zero-order valence-electron chi connectivity index (χ0n) is 56.2. The number of aliphatic hydroxyl groups excluding tert-OH is 1. The Morgan fingerprint density at radius 1 is 0.310 bits per heavy atom. The number of phosphoric acid groups is 2. The van der Waals surface area contributed by atoms with Gasteiger partial charge in [0.1, 0.15) is 19.3 Å². The van der Waals surface area contributed by atoms with Gasteiger partial charge >= 0.3 is 39.5 Å². The Morgan fingerprint density at radius 2 is 0.529 bits per heavy atom. The molecule has 17 nitrogen and oxygen atoms in total. The van der Waals surface area contributed by atoms with Gasteiger partial charge in [0.15, 0.2) is 12.2 Å². The molecule has 0 aliphatic carbocycles. The van der Waals surface area contributed by atoms with Crippen molar-refractivity contribution in [1.29, 1.82) is 0 Å². The van der Waals surface area contributed by atoms with Crippen LogP contribution in [0.25, 0.3) is 0 Å². The van der Waals surface area contributed by atoms with E-state index in [4.69, 9.17) is 37.0 Å². The Kier molecular flexibility index (Phi) is 60.2. The Bertz CT molecular complexity index is 1690. The zero-order valence-corrected chi connectivity index (χ0v) is 57.9. The highest BCUT2D eigenvalue weighted by Crippen LogP contribution is 2.45. The molecule has 2 unspecified atom stereocenters. The topological polar surface area (TPSA) is 237 Å². The molecule has 0 aliphatic heterocycles. The van der Waals surface area contributed by atoms with E-state index in [0.29, 0.717) is 25.7 Å². The SMILES string of the molecule is CCCCCCCCCCCCCCC(=O)OC[C@H](COP(=O)(O)OC[C@@H](O)COP(=O)(O)OC[C@@H](COC(=O)CCCCCCCCC)OC(=O)CCCCCCCCCCCC)OC(=O)CCCCCCCCCCCCCCCCCC(C)C. The van der Waals surface area contributed by atoms with Gasteiger partial charge in [0, 0.05) is 25.7 Å². The van der Waals surface area contributed by atoms with Gasteiger partial charge in [-0.15, -0.1) is 0 Å². The van der Waals surface area contributed by atoms with Crippen LogP contribution in [-0.2, 0) is 65.4 Å². The van der Waals surface area contributed by atoms with Crippen molar-refractivity contribution < 1.29 is 80.2 Å². The lowest BCUT2D eigenvalue weighted by molar-refractivity contribution is -0.161. The van der Waals surface area contributed by atoms with Crippen molar-refractivity contribution in [3.05, 3.63) is 0 Å². The van der Waals surface area contributed by atoms with Gasteiger partial charge in [0.05, 0.1) is 26.4 Å². The molecule has 0 rings (SSSR count). The fraction of sp³-hybridized carbons (Fsp3) is 0.941. The number of aliphatic hydroxyl groups is 1. The van der Waals surface area contributed by atoms with E-state index in [-0.39, 0.29) is 25.7 Å². The number of ether oxygens (including phenoxy) is 4. The summed E-state index contributed by atoms with van der Waals surface area (Å²) in [5, 5.41) is 10.5. The lowest BCUT2D eigenvalue weighted by Gasteiger charge is -2.21. The molecule has 0 aromatic carbocycles. The van der Waals surface area contributed by atoms with Crippen molar-refractivity contribution in [1.82, 2.24) is 0 Å². The monoisotopic (exact) mass is 1280 g/mol. The van der Waals surface area contributed by atoms with E-state index >= 15 is 0 Å². The first-order valence-electron chi connectivity index (χ1n) is 35.6. The first kappa shape index (κ1) is 85.1. The summed E-state index contributed by atoms with van der Waals surface area (Å²) in [6, 6.07) is 0. The third kappa shape index (κ3) is 62.6. The third-order valence-electron chi connectivity index (χ3n) is 15.8. The summed E-state index contributed by atoms with van der Waals surface area (Å²) in [5.74, 6) is -1.33. The minimum atomic E-state index is -4.95. The lowest BCUT2D eigenvalue weighted by atomic mass is 10.0. The van der Waals surface area contributed by atoms with Crippen LogP contribution in [0.3, 0.4) is 0 Å². The zero-order chi connectivity index (χ0) is 64.2. The van der Waals surface area contributed by atoms with Gasteiger partial charge in [-0.25, -0.2) is 9.13 Å². The van der Waals surface area contributed by atoms with Crippen LogP contribution in [0.1, 0.15) is 349 Å². The predicted molar refractivity (Wildman–Crippen MR) is 349 cm³/mol. The van der Waals surface area contributed by atoms with E-state index in [9.17, 15) is 43.2 Å². The van der Waals surface area contributed by atoms with E-state index < -0.39 is 97.5 Å². The second kappa shape index (κ2) is 61.6. The second-order valence-corrected chi connectivity index (χ2v) is 27.9. The van der Waals surface area contributed by atoms with Gasteiger partial charge in [-0.2, -0.15) is 0 Å². The fourth-order valence-electron chi connectivity index (χ4n) is 10.3. The average Bonchev–Trinajstić information content (AvgIpc) is 3.69. The molecule has 516 valence electrons. The number of hydrogen-bond donors (Lipinski definition) is 3. The first-order valence-corrected chi connectivity index (χ1v) is 38.6. The van der Waals surface area contributed by atoms with Crippen molar-refractivity contribution in [2.24, 2.45) is 5.92 Å². The van der Waals surface area contributed by atoms with Gasteiger partial charge in [0.25, 0.3) is 0 Å². The average molecular weight is 1280 g/mol. The molecular weight excluding hydrogens is 1150 g/mol. The molecule has 0 saturated heterocycles. The van der Waals surface area contributed by atoms with Gasteiger partial charge < -0.3 is 33.8 Å². The molecule has 0 aromatic rings. The van der Waals surface area contributed by atoms with Crippen molar-refractivity contribution in [2.45, 2.75) is 368 Å². The Balaban J connectivity index is 5.18. The summed E-state index contributed by atoms with van der Waals surface area (Å²) in [5.41, 5.74) is 0. The summed E-state index contributed by atoms with van der Waals surface area (Å²) in [6.07, 6.45) is 47.2. The summed E-state index contributed by atoms with van der Waals surface area (Å²) < 4.78 is 68.1. The molecule has 87 heavy (non-hydrogen) atoms. The fourth-order valence-corrected chi connectivity index (χ4v) is 11.9. The van der Waals surface area contributed by atoms with Crippen LogP contribution in [0, 0.1) is 5.92 Å². The van der Waals surface area contributed by atoms with Crippen LogP contribution in [0.15, 0.2) is 0 Å². The molecule has 0 fully saturated rings. The molecule has 5 atom stereocenters. The number of esters is 4. The maximum Gasteiger partial charge on any atom is 0.472 e. The minimum absolute atomic E-state index is 0.106.